The standard InChI is InChI=1S/C14H20N2O5/c1-7(8-4-2-3-5-9(15)12(8)18)13(19)16-10-6-11(17)21-14(10)20/h2-3,7-10,14,20H,4-6,15H2,1H3,(H,16,19). The van der Waals surface area contributed by atoms with Crippen molar-refractivity contribution in [1.29, 1.82) is 0 Å². The van der Waals surface area contributed by atoms with Gasteiger partial charge in [0.15, 0.2) is 5.78 Å². The lowest BCUT2D eigenvalue weighted by atomic mass is 9.84. The quantitative estimate of drug-likeness (QED) is 0.465. The van der Waals surface area contributed by atoms with Crippen molar-refractivity contribution in [3.05, 3.63) is 12.2 Å². The summed E-state index contributed by atoms with van der Waals surface area (Å²) in [6.45, 7) is 1.65. The Morgan fingerprint density at radius 3 is 2.71 bits per heavy atom. The fraction of sp³-hybridized carbons (Fsp3) is 0.643. The van der Waals surface area contributed by atoms with E-state index in [4.69, 9.17) is 5.73 Å². The molecule has 5 atom stereocenters. The summed E-state index contributed by atoms with van der Waals surface area (Å²) in [7, 11) is 0. The lowest BCUT2D eigenvalue weighted by Crippen LogP contribution is -2.46. The summed E-state index contributed by atoms with van der Waals surface area (Å²) in [6.07, 6.45) is 3.24. The molecule has 1 heterocycles. The van der Waals surface area contributed by atoms with Crippen LogP contribution in [0.5, 0.6) is 0 Å². The third-order valence-electron chi connectivity index (χ3n) is 4.01. The average Bonchev–Trinajstić information content (AvgIpc) is 2.64. The molecule has 0 spiro atoms. The van der Waals surface area contributed by atoms with E-state index in [0.717, 1.165) is 0 Å². The summed E-state index contributed by atoms with van der Waals surface area (Å²) in [4.78, 5) is 35.4. The number of hydrogen-bond donors (Lipinski definition) is 3. The first-order valence-corrected chi connectivity index (χ1v) is 7.02. The zero-order valence-corrected chi connectivity index (χ0v) is 11.8. The second-order valence-electron chi connectivity index (χ2n) is 5.55. The lowest BCUT2D eigenvalue weighted by Gasteiger charge is -2.24. The minimum absolute atomic E-state index is 0.0718. The fourth-order valence-electron chi connectivity index (χ4n) is 2.61. The monoisotopic (exact) mass is 296 g/mol. The van der Waals surface area contributed by atoms with Crippen LogP contribution in [0.25, 0.3) is 0 Å². The minimum Gasteiger partial charge on any atom is -0.434 e. The Morgan fingerprint density at radius 1 is 1.43 bits per heavy atom. The van der Waals surface area contributed by atoms with Crippen molar-refractivity contribution >= 4 is 17.7 Å². The van der Waals surface area contributed by atoms with Gasteiger partial charge in [-0.3, -0.25) is 14.4 Å². The third kappa shape index (κ3) is 3.48. The molecule has 1 aliphatic carbocycles. The minimum atomic E-state index is -1.33. The van der Waals surface area contributed by atoms with Crippen molar-refractivity contribution in [1.82, 2.24) is 5.32 Å². The van der Waals surface area contributed by atoms with E-state index in [9.17, 15) is 19.5 Å². The van der Waals surface area contributed by atoms with Gasteiger partial charge in [-0.2, -0.15) is 0 Å². The van der Waals surface area contributed by atoms with Crippen LogP contribution in [-0.4, -0.2) is 41.1 Å². The van der Waals surface area contributed by atoms with Crippen LogP contribution in [0.1, 0.15) is 26.2 Å². The van der Waals surface area contributed by atoms with Gasteiger partial charge < -0.3 is 20.9 Å². The highest BCUT2D eigenvalue weighted by Gasteiger charge is 2.38. The highest BCUT2D eigenvalue weighted by atomic mass is 16.6. The number of nitrogens with two attached hydrogens (primary N) is 1. The largest absolute Gasteiger partial charge is 0.434 e. The third-order valence-corrected chi connectivity index (χ3v) is 4.01. The molecule has 2 rings (SSSR count). The number of aliphatic hydroxyl groups excluding tert-OH is 1. The predicted octanol–water partition coefficient (Wildman–Crippen LogP) is -0.765. The number of carbonyl (C=O) groups excluding carboxylic acids is 3. The van der Waals surface area contributed by atoms with Crippen molar-refractivity contribution in [3.8, 4) is 0 Å². The van der Waals surface area contributed by atoms with Crippen LogP contribution in [0.3, 0.4) is 0 Å². The smallest absolute Gasteiger partial charge is 0.310 e. The molecule has 1 amide bonds. The maximum absolute atomic E-state index is 12.2. The molecule has 1 aliphatic heterocycles. The van der Waals surface area contributed by atoms with Crippen molar-refractivity contribution in [3.63, 3.8) is 0 Å². The van der Waals surface area contributed by atoms with E-state index >= 15 is 0 Å². The van der Waals surface area contributed by atoms with Gasteiger partial charge >= 0.3 is 5.97 Å². The second-order valence-corrected chi connectivity index (χ2v) is 5.55. The molecule has 21 heavy (non-hydrogen) atoms. The molecule has 0 aromatic rings. The number of ether oxygens (including phenoxy) is 1. The van der Waals surface area contributed by atoms with Gasteiger partial charge in [-0.15, -0.1) is 0 Å². The van der Waals surface area contributed by atoms with Crippen molar-refractivity contribution < 1.29 is 24.2 Å². The number of carbonyl (C=O) groups is 3. The molecular weight excluding hydrogens is 276 g/mol. The molecule has 1 fully saturated rings. The Balaban J connectivity index is 1.99. The number of nitrogens with one attached hydrogen (secondary N) is 1. The molecule has 2 aliphatic rings. The molecule has 116 valence electrons. The Kier molecular flexibility index (Phi) is 4.74. The van der Waals surface area contributed by atoms with Gasteiger partial charge in [0.1, 0.15) is 6.04 Å². The number of aliphatic hydroxyl groups is 1. The number of hydrogen-bond acceptors (Lipinski definition) is 6. The van der Waals surface area contributed by atoms with E-state index in [1.807, 2.05) is 12.2 Å². The molecule has 5 unspecified atom stereocenters. The van der Waals surface area contributed by atoms with Gasteiger partial charge in [-0.05, 0) is 12.8 Å². The van der Waals surface area contributed by atoms with Gasteiger partial charge in [0.2, 0.25) is 12.2 Å². The number of ketones is 1. The van der Waals surface area contributed by atoms with Gasteiger partial charge in [0.05, 0.1) is 12.5 Å². The van der Waals surface area contributed by atoms with Crippen molar-refractivity contribution in [2.75, 3.05) is 0 Å². The number of esters is 1. The predicted molar refractivity (Wildman–Crippen MR) is 72.7 cm³/mol. The van der Waals surface area contributed by atoms with Gasteiger partial charge in [-0.1, -0.05) is 19.1 Å². The first-order chi connectivity index (χ1) is 9.90. The van der Waals surface area contributed by atoms with Gasteiger partial charge in [0.25, 0.3) is 0 Å². The topological polar surface area (TPSA) is 119 Å². The van der Waals surface area contributed by atoms with Crippen molar-refractivity contribution in [2.45, 2.75) is 44.6 Å². The van der Waals surface area contributed by atoms with E-state index in [-0.39, 0.29) is 12.2 Å². The van der Waals surface area contributed by atoms with Crippen LogP contribution >= 0.6 is 0 Å². The molecule has 0 aromatic carbocycles. The van der Waals surface area contributed by atoms with Gasteiger partial charge in [-0.25, -0.2) is 0 Å². The number of allylic oxidation sites excluding steroid dienone is 1. The normalized spacial score (nSPS) is 34.2. The Hall–Kier alpha value is -1.73. The van der Waals surface area contributed by atoms with Crippen LogP contribution < -0.4 is 11.1 Å². The van der Waals surface area contributed by atoms with E-state index < -0.39 is 42.1 Å². The van der Waals surface area contributed by atoms with Crippen LogP contribution in [0.15, 0.2) is 12.2 Å². The summed E-state index contributed by atoms with van der Waals surface area (Å²) in [5.41, 5.74) is 5.77. The average molecular weight is 296 g/mol. The van der Waals surface area contributed by atoms with E-state index in [2.05, 4.69) is 10.1 Å². The molecule has 0 bridgehead atoms. The van der Waals surface area contributed by atoms with E-state index in [0.29, 0.717) is 12.8 Å². The van der Waals surface area contributed by atoms with E-state index in [1.165, 1.54) is 0 Å². The zero-order chi connectivity index (χ0) is 15.6. The SMILES string of the molecule is CC(C(=O)NC1CC(=O)OC1O)C1CC=CCC(N)C1=O. The van der Waals surface area contributed by atoms with Gasteiger partial charge in [0, 0.05) is 11.8 Å². The van der Waals surface area contributed by atoms with Crippen LogP contribution in [0.2, 0.25) is 0 Å². The second kappa shape index (κ2) is 6.36. The molecule has 4 N–H and O–H groups in total. The van der Waals surface area contributed by atoms with E-state index in [1.54, 1.807) is 6.92 Å². The summed E-state index contributed by atoms with van der Waals surface area (Å²) in [5.74, 6) is -2.17. The maximum Gasteiger partial charge on any atom is 0.310 e. The van der Waals surface area contributed by atoms with Crippen LogP contribution in [0.4, 0.5) is 0 Å². The Morgan fingerprint density at radius 2 is 2.10 bits per heavy atom. The molecule has 7 nitrogen and oxygen atoms in total. The fourth-order valence-corrected chi connectivity index (χ4v) is 2.61. The van der Waals surface area contributed by atoms with Crippen molar-refractivity contribution in [2.24, 2.45) is 17.6 Å². The Labute approximate surface area is 122 Å². The maximum atomic E-state index is 12.2. The van der Waals surface area contributed by atoms with Crippen LogP contribution in [-0.2, 0) is 19.1 Å². The lowest BCUT2D eigenvalue weighted by molar-refractivity contribution is -0.155. The molecule has 0 aromatic heterocycles. The zero-order valence-electron chi connectivity index (χ0n) is 11.8. The molecule has 0 saturated carbocycles. The molecule has 0 radical (unpaired) electrons. The summed E-state index contributed by atoms with van der Waals surface area (Å²) in [5, 5.41) is 12.0. The highest BCUT2D eigenvalue weighted by Crippen LogP contribution is 2.23. The number of rotatable bonds is 3. The molecule has 7 heteroatoms. The summed E-state index contributed by atoms with van der Waals surface area (Å²) < 4.78 is 4.56. The first kappa shape index (κ1) is 15.7. The number of cyclic esters (lactones) is 1. The molecular formula is C14H20N2O5. The van der Waals surface area contributed by atoms with Crippen LogP contribution in [0, 0.1) is 11.8 Å². The highest BCUT2D eigenvalue weighted by molar-refractivity contribution is 5.92. The summed E-state index contributed by atoms with van der Waals surface area (Å²) in [6, 6.07) is -1.36. The number of amides is 1. The molecule has 1 saturated heterocycles. The number of Topliss-reactive ketones (excluding diaryl/α,β-unsaturated/α-hetero) is 1. The summed E-state index contributed by atoms with van der Waals surface area (Å²) >= 11 is 0. The Bertz CT molecular complexity index is 476. The first-order valence-electron chi connectivity index (χ1n) is 7.02.